The summed E-state index contributed by atoms with van der Waals surface area (Å²) < 4.78 is 26.5. The molecule has 0 bridgehead atoms. The fourth-order valence-corrected chi connectivity index (χ4v) is 5.16. The lowest BCUT2D eigenvalue weighted by Gasteiger charge is -2.29. The summed E-state index contributed by atoms with van der Waals surface area (Å²) in [5.41, 5.74) is -0.215. The quantitative estimate of drug-likeness (QED) is 0.453. The van der Waals surface area contributed by atoms with Gasteiger partial charge in [0, 0.05) is 5.92 Å². The van der Waals surface area contributed by atoms with E-state index in [1.54, 1.807) is 7.11 Å². The first-order valence-electron chi connectivity index (χ1n) is 11.7. The van der Waals surface area contributed by atoms with Gasteiger partial charge in [-0.25, -0.2) is 9.18 Å². The van der Waals surface area contributed by atoms with Crippen LogP contribution >= 0.6 is 13.5 Å². The van der Waals surface area contributed by atoms with E-state index >= 15 is 4.39 Å². The van der Waals surface area contributed by atoms with Crippen LogP contribution in [0, 0.1) is 11.8 Å². The van der Waals surface area contributed by atoms with E-state index in [9.17, 15) is 9.90 Å². The summed E-state index contributed by atoms with van der Waals surface area (Å²) in [6.07, 6.45) is 6.22. The number of rotatable bonds is 9. The zero-order valence-electron chi connectivity index (χ0n) is 19.4. The SMILES string of the molecule is COc1cccc(C2CCC(COc3cccc([C@H](C4CC4)C(C)(F)C(=O)O)c3)CC2)c1.S. The molecule has 4 nitrogen and oxygen atoms in total. The number of methoxy groups -OCH3 is 1. The minimum atomic E-state index is -2.28. The number of ether oxygens (including phenoxy) is 2. The normalized spacial score (nSPS) is 23.0. The Balaban J connectivity index is 0.00000306. The van der Waals surface area contributed by atoms with E-state index in [1.165, 1.54) is 12.5 Å². The number of hydrogen-bond donors (Lipinski definition) is 1. The Kier molecular flexibility index (Phi) is 8.33. The number of benzene rings is 2. The minimum Gasteiger partial charge on any atom is -0.497 e. The molecule has 2 aliphatic rings. The number of aliphatic carboxylic acids is 1. The second-order valence-corrected chi connectivity index (χ2v) is 9.57. The number of hydrogen-bond acceptors (Lipinski definition) is 3. The van der Waals surface area contributed by atoms with Gasteiger partial charge < -0.3 is 14.6 Å². The van der Waals surface area contributed by atoms with Gasteiger partial charge in [0.25, 0.3) is 0 Å². The molecule has 0 saturated heterocycles. The second kappa shape index (κ2) is 10.8. The summed E-state index contributed by atoms with van der Waals surface area (Å²) in [6.45, 7) is 1.82. The Bertz CT molecular complexity index is 935. The number of carboxylic acids is 1. The molecule has 0 heterocycles. The topological polar surface area (TPSA) is 55.8 Å². The molecule has 0 aliphatic heterocycles. The highest BCUT2D eigenvalue weighted by Crippen LogP contribution is 2.50. The maximum Gasteiger partial charge on any atom is 0.341 e. The van der Waals surface area contributed by atoms with Gasteiger partial charge in [0.2, 0.25) is 5.67 Å². The smallest absolute Gasteiger partial charge is 0.341 e. The van der Waals surface area contributed by atoms with Gasteiger partial charge in [-0.05, 0) is 98.6 Å². The standard InChI is InChI=1S/C27H33FO4.H2S/c1-27(28,26(29)30)25(20-13-14-20)22-6-4-8-24(16-22)32-17-18-9-11-19(12-10-18)21-5-3-7-23(15-21)31-2;/h3-8,15-16,18-20,25H,9-14,17H2,1-2H3,(H,29,30);1H2/t18?,19?,25-,27?;/m0./s1. The second-order valence-electron chi connectivity index (χ2n) is 9.57. The number of alkyl halides is 1. The Morgan fingerprint density at radius 3 is 2.36 bits per heavy atom. The molecule has 0 aromatic heterocycles. The molecule has 2 aliphatic carbocycles. The Hall–Kier alpha value is -2.21. The van der Waals surface area contributed by atoms with E-state index in [2.05, 4.69) is 18.2 Å². The third-order valence-corrected chi connectivity index (χ3v) is 7.21. The van der Waals surface area contributed by atoms with E-state index in [0.29, 0.717) is 24.2 Å². The van der Waals surface area contributed by atoms with Crippen molar-refractivity contribution in [3.63, 3.8) is 0 Å². The molecule has 4 rings (SSSR count). The van der Waals surface area contributed by atoms with Crippen LogP contribution in [0.3, 0.4) is 0 Å². The van der Waals surface area contributed by atoms with Gasteiger partial charge in [-0.2, -0.15) is 13.5 Å². The lowest BCUT2D eigenvalue weighted by atomic mass is 9.79. The Morgan fingerprint density at radius 2 is 1.73 bits per heavy atom. The molecule has 1 N–H and O–H groups in total. The number of halogens is 1. The van der Waals surface area contributed by atoms with Crippen LogP contribution in [0.4, 0.5) is 4.39 Å². The largest absolute Gasteiger partial charge is 0.497 e. The van der Waals surface area contributed by atoms with Crippen molar-refractivity contribution < 1.29 is 23.8 Å². The molecule has 1 unspecified atom stereocenters. The van der Waals surface area contributed by atoms with Crippen molar-refractivity contribution in [3.8, 4) is 11.5 Å². The monoisotopic (exact) mass is 474 g/mol. The summed E-state index contributed by atoms with van der Waals surface area (Å²) in [7, 11) is 1.70. The molecule has 33 heavy (non-hydrogen) atoms. The van der Waals surface area contributed by atoms with Crippen molar-refractivity contribution in [2.24, 2.45) is 11.8 Å². The van der Waals surface area contributed by atoms with E-state index in [-0.39, 0.29) is 19.4 Å². The van der Waals surface area contributed by atoms with Gasteiger partial charge in [-0.15, -0.1) is 0 Å². The Labute approximate surface area is 202 Å². The average Bonchev–Trinajstić information content (AvgIpc) is 3.63. The number of carboxylic acid groups (broad SMARTS) is 1. The van der Waals surface area contributed by atoms with Crippen LogP contribution in [-0.4, -0.2) is 30.5 Å². The highest BCUT2D eigenvalue weighted by molar-refractivity contribution is 7.59. The van der Waals surface area contributed by atoms with Crippen LogP contribution in [-0.2, 0) is 4.79 Å². The molecule has 2 aromatic rings. The van der Waals surface area contributed by atoms with E-state index in [4.69, 9.17) is 9.47 Å². The average molecular weight is 475 g/mol. The highest BCUT2D eigenvalue weighted by Gasteiger charge is 2.50. The van der Waals surface area contributed by atoms with Crippen molar-refractivity contribution in [1.29, 1.82) is 0 Å². The molecular formula is C27H35FO4S. The summed E-state index contributed by atoms with van der Waals surface area (Å²) in [6, 6.07) is 15.7. The van der Waals surface area contributed by atoms with Gasteiger partial charge in [0.05, 0.1) is 13.7 Å². The zero-order chi connectivity index (χ0) is 22.7. The van der Waals surface area contributed by atoms with Crippen LogP contribution < -0.4 is 9.47 Å². The van der Waals surface area contributed by atoms with Crippen LogP contribution in [0.15, 0.2) is 48.5 Å². The van der Waals surface area contributed by atoms with Crippen LogP contribution in [0.5, 0.6) is 11.5 Å². The predicted molar refractivity (Wildman–Crippen MR) is 133 cm³/mol. The third kappa shape index (κ3) is 6.03. The Morgan fingerprint density at radius 1 is 1.06 bits per heavy atom. The third-order valence-electron chi connectivity index (χ3n) is 7.21. The predicted octanol–water partition coefficient (Wildman–Crippen LogP) is 6.47. The lowest BCUT2D eigenvalue weighted by molar-refractivity contribution is -0.151. The molecule has 0 amide bonds. The molecule has 2 atom stereocenters. The van der Waals surface area contributed by atoms with Crippen LogP contribution in [0.25, 0.3) is 0 Å². The van der Waals surface area contributed by atoms with E-state index < -0.39 is 17.6 Å². The van der Waals surface area contributed by atoms with Crippen molar-refractivity contribution in [2.75, 3.05) is 13.7 Å². The summed E-state index contributed by atoms with van der Waals surface area (Å²) in [5, 5.41) is 9.41. The molecule has 2 aromatic carbocycles. The van der Waals surface area contributed by atoms with Gasteiger partial charge in [-0.3, -0.25) is 0 Å². The molecular weight excluding hydrogens is 439 g/mol. The first-order chi connectivity index (χ1) is 15.4. The van der Waals surface area contributed by atoms with Crippen molar-refractivity contribution in [2.45, 2.75) is 63.0 Å². The van der Waals surface area contributed by atoms with Gasteiger partial charge >= 0.3 is 5.97 Å². The lowest BCUT2D eigenvalue weighted by Crippen LogP contribution is -2.38. The minimum absolute atomic E-state index is 0. The molecule has 0 spiro atoms. The van der Waals surface area contributed by atoms with Gasteiger partial charge in [0.1, 0.15) is 11.5 Å². The molecule has 0 radical (unpaired) electrons. The van der Waals surface area contributed by atoms with Crippen LogP contribution in [0.2, 0.25) is 0 Å². The maximum atomic E-state index is 15.0. The summed E-state index contributed by atoms with van der Waals surface area (Å²) in [5.74, 6) is 0.708. The van der Waals surface area contributed by atoms with Crippen molar-refractivity contribution in [1.82, 2.24) is 0 Å². The fraction of sp³-hybridized carbons (Fsp3) is 0.519. The maximum absolute atomic E-state index is 15.0. The van der Waals surface area contributed by atoms with Gasteiger partial charge in [0.15, 0.2) is 0 Å². The fourth-order valence-electron chi connectivity index (χ4n) is 5.16. The zero-order valence-corrected chi connectivity index (χ0v) is 20.4. The highest BCUT2D eigenvalue weighted by atomic mass is 32.1. The summed E-state index contributed by atoms with van der Waals surface area (Å²) in [4.78, 5) is 11.5. The van der Waals surface area contributed by atoms with Gasteiger partial charge in [-0.1, -0.05) is 24.3 Å². The first kappa shape index (κ1) is 25.4. The van der Waals surface area contributed by atoms with Crippen molar-refractivity contribution in [3.05, 3.63) is 59.7 Å². The molecule has 2 saturated carbocycles. The number of carbonyl (C=O) groups is 1. The molecule has 180 valence electrons. The van der Waals surface area contributed by atoms with Crippen LogP contribution in [0.1, 0.15) is 68.4 Å². The molecule has 2 fully saturated rings. The van der Waals surface area contributed by atoms with E-state index in [0.717, 1.165) is 49.8 Å². The van der Waals surface area contributed by atoms with E-state index in [1.807, 2.05) is 30.3 Å². The van der Waals surface area contributed by atoms with Crippen molar-refractivity contribution >= 4 is 19.5 Å². The molecule has 6 heteroatoms. The first-order valence-corrected chi connectivity index (χ1v) is 11.7. The summed E-state index contributed by atoms with van der Waals surface area (Å²) >= 11 is 0.